The van der Waals surface area contributed by atoms with Crippen molar-refractivity contribution in [3.05, 3.63) is 74.7 Å². The van der Waals surface area contributed by atoms with Gasteiger partial charge in [0.1, 0.15) is 0 Å². The van der Waals surface area contributed by atoms with Crippen LogP contribution in [0.15, 0.2) is 54.6 Å². The first kappa shape index (κ1) is 38.4. The Bertz CT molecular complexity index is 758. The van der Waals surface area contributed by atoms with Gasteiger partial charge >= 0.3 is 30.2 Å². The first-order valence-electron chi connectivity index (χ1n) is 9.47. The summed E-state index contributed by atoms with van der Waals surface area (Å²) in [5, 5.41) is 5.39. The molecule has 0 bridgehead atoms. The third-order valence-corrected chi connectivity index (χ3v) is 4.27. The van der Waals surface area contributed by atoms with Crippen molar-refractivity contribution >= 4 is 61.6 Å². The second kappa shape index (κ2) is 19.6. The van der Waals surface area contributed by atoms with Gasteiger partial charge in [0.25, 0.3) is 0 Å². The van der Waals surface area contributed by atoms with Crippen molar-refractivity contribution in [2.24, 2.45) is 0 Å². The first-order chi connectivity index (χ1) is 13.0. The van der Waals surface area contributed by atoms with Crippen molar-refractivity contribution in [1.82, 2.24) is 0 Å². The van der Waals surface area contributed by atoms with E-state index in [9.17, 15) is 0 Å². The Morgan fingerprint density at radius 2 is 1.26 bits per heavy atom. The minimum atomic E-state index is -1.22. The molecule has 7 heteroatoms. The van der Waals surface area contributed by atoms with Gasteiger partial charge in [0, 0.05) is 6.61 Å². The Balaban J connectivity index is -0.000000179. The molecule has 0 heterocycles. The van der Waals surface area contributed by atoms with E-state index in [-0.39, 0.29) is 37.8 Å². The molecule has 3 aromatic carbocycles. The topological polar surface area (TPSA) is 33.0 Å². The minimum absolute atomic E-state index is 0. The summed E-state index contributed by atoms with van der Waals surface area (Å²) < 4.78 is 5.45. The number of benzene rings is 2. The molecule has 0 saturated heterocycles. The molecule has 0 aliphatic heterocycles. The van der Waals surface area contributed by atoms with Gasteiger partial charge in [0.05, 0.1) is 0 Å². The van der Waals surface area contributed by atoms with Crippen LogP contribution in [0.1, 0.15) is 27.2 Å². The van der Waals surface area contributed by atoms with E-state index in [1.54, 1.807) is 0 Å². The van der Waals surface area contributed by atoms with E-state index in [0.29, 0.717) is 0 Å². The van der Waals surface area contributed by atoms with Gasteiger partial charge in [-0.15, -0.1) is 70.1 Å². The van der Waals surface area contributed by atoms with Crippen molar-refractivity contribution < 1.29 is 27.8 Å². The van der Waals surface area contributed by atoms with Crippen molar-refractivity contribution in [3.8, 4) is 0 Å². The normalized spacial score (nSPS) is 9.77. The Labute approximate surface area is 221 Å². The fourth-order valence-electron chi connectivity index (χ4n) is 2.28. The minimum Gasteiger partial charge on any atom is -0.126 e. The molecule has 1 N–H and O–H groups in total. The van der Waals surface area contributed by atoms with Gasteiger partial charge in [-0.2, -0.15) is 6.42 Å². The second-order valence-corrected chi connectivity index (χ2v) is 12.9. The summed E-state index contributed by atoms with van der Waals surface area (Å²) in [4.78, 5) is 0. The number of nitrogens with one attached hydrogen (secondary N) is 1. The van der Waals surface area contributed by atoms with Crippen LogP contribution in [0.4, 0.5) is 0 Å². The average Bonchev–Trinajstić information content (AvgIpc) is 2.99. The maximum atomic E-state index is 6.94. The third kappa shape index (κ3) is 19.3. The van der Waals surface area contributed by atoms with Gasteiger partial charge in [0.15, 0.2) is 8.32 Å². The Hall–Kier alpha value is 0.127. The molecule has 0 aliphatic rings. The zero-order valence-corrected chi connectivity index (χ0v) is 26.1. The van der Waals surface area contributed by atoms with E-state index in [2.05, 4.69) is 88.0 Å². The predicted molar refractivity (Wildman–Crippen MR) is 147 cm³/mol. The molecule has 0 amide bonds. The van der Waals surface area contributed by atoms with Crippen LogP contribution >= 0.6 is 24.8 Å². The molecule has 0 spiro atoms. The molecular formula is C24H39Cl2NOSi2Zr-4. The molecule has 0 atom stereocenters. The van der Waals surface area contributed by atoms with Crippen LogP contribution < -0.4 is 0 Å². The standard InChI is InChI=1S/C13H9.C6H15OSi.C4H10N.CH3.2ClH.Si.Zr/c1-3-7-12-10(5-1)9-11-6-2-4-8-13(11)12;1-5-6-7-8(2,3)4;1-4(2,3)5;;;;;/h1-9H;1,5-6H2,2-4H3;5H,1-3H3;1H3;2*1H;;/q4*-1;;;;. The summed E-state index contributed by atoms with van der Waals surface area (Å²) in [7, 11) is -1.22. The summed E-state index contributed by atoms with van der Waals surface area (Å²) >= 11 is 1.36. The fourth-order valence-corrected chi connectivity index (χ4v) is 3.04. The summed E-state index contributed by atoms with van der Waals surface area (Å²) in [6.07, 6.45) is 0.893. The van der Waals surface area contributed by atoms with Crippen molar-refractivity contribution in [3.63, 3.8) is 0 Å². The summed E-state index contributed by atoms with van der Waals surface area (Å²) in [5.41, 5.74) is 6.69. The molecule has 0 unspecified atom stereocenters. The van der Waals surface area contributed by atoms with Gasteiger partial charge in [-0.05, 0) is 19.6 Å². The van der Waals surface area contributed by atoms with Crippen LogP contribution in [0, 0.1) is 14.4 Å². The smallest absolute Gasteiger partial charge is 0.0771 e. The number of hydrogen-bond acceptors (Lipinski definition) is 1. The van der Waals surface area contributed by atoms with Crippen molar-refractivity contribution in [2.45, 2.75) is 52.4 Å². The molecule has 0 aliphatic carbocycles. The third-order valence-electron chi connectivity index (χ3n) is 3.20. The molecule has 2 radical (unpaired) electrons. The number of fused-ring (bicyclic) bond motifs is 3. The molecule has 176 valence electrons. The van der Waals surface area contributed by atoms with Gasteiger partial charge in [-0.1, -0.05) is 57.2 Å². The van der Waals surface area contributed by atoms with Gasteiger partial charge < -0.3 is 24.5 Å². The number of rotatable bonds is 3. The van der Waals surface area contributed by atoms with E-state index in [1.165, 1.54) is 44.9 Å². The van der Waals surface area contributed by atoms with Crippen LogP contribution in [0.2, 0.25) is 19.6 Å². The SMILES string of the molecule is CC(C)(C)[NH-].Cl.Cl.[CH2-]CCO[Si](C)(C)C.[CH3-].[Si]=[Zr].c1ccc2c(c1)[cH-]c1ccccc12. The number of hydrogen-bond donors (Lipinski definition) is 0. The van der Waals surface area contributed by atoms with Gasteiger partial charge in [-0.25, -0.2) is 0 Å². The molecule has 0 saturated carbocycles. The fraction of sp³-hybridized carbons (Fsp3) is 0.375. The van der Waals surface area contributed by atoms with E-state index < -0.39 is 8.32 Å². The monoisotopic (exact) mass is 573 g/mol. The molecular weight excluding hydrogens is 537 g/mol. The van der Waals surface area contributed by atoms with Crippen molar-refractivity contribution in [2.75, 3.05) is 6.61 Å². The maximum Gasteiger partial charge on any atom is -0.0771 e. The van der Waals surface area contributed by atoms with Crippen LogP contribution in [0.25, 0.3) is 27.3 Å². The van der Waals surface area contributed by atoms with Crippen LogP contribution in [0.5, 0.6) is 0 Å². The molecule has 31 heavy (non-hydrogen) atoms. The van der Waals surface area contributed by atoms with E-state index in [0.717, 1.165) is 13.0 Å². The zero-order chi connectivity index (χ0) is 21.8. The maximum absolute atomic E-state index is 6.94. The summed E-state index contributed by atoms with van der Waals surface area (Å²) in [6.45, 7) is 19.7. The van der Waals surface area contributed by atoms with Gasteiger partial charge in [0.2, 0.25) is 0 Å². The van der Waals surface area contributed by atoms with Crippen molar-refractivity contribution in [1.29, 1.82) is 0 Å². The first-order valence-corrected chi connectivity index (χ1v) is 17.1. The zero-order valence-electron chi connectivity index (χ0n) is 20.0. The van der Waals surface area contributed by atoms with Crippen LogP contribution in [-0.4, -0.2) is 27.3 Å². The average molecular weight is 576 g/mol. The van der Waals surface area contributed by atoms with E-state index in [4.69, 9.17) is 10.2 Å². The van der Waals surface area contributed by atoms with Gasteiger partial charge in [-0.3, -0.25) is 0 Å². The Morgan fingerprint density at radius 1 is 0.935 bits per heavy atom. The Kier molecular flexibility index (Phi) is 24.3. The molecule has 0 fully saturated rings. The molecule has 3 aromatic rings. The van der Waals surface area contributed by atoms with E-state index >= 15 is 0 Å². The molecule has 2 nitrogen and oxygen atoms in total. The van der Waals surface area contributed by atoms with Crippen LogP contribution in [0.3, 0.4) is 0 Å². The quantitative estimate of drug-likeness (QED) is 0.228. The summed E-state index contributed by atoms with van der Waals surface area (Å²) in [6, 6.07) is 19.3. The predicted octanol–water partition coefficient (Wildman–Crippen LogP) is 8.52. The Morgan fingerprint density at radius 3 is 1.52 bits per heavy atom. The largest absolute Gasteiger partial charge is 0.126 e. The van der Waals surface area contributed by atoms with E-state index in [1.807, 2.05) is 20.8 Å². The molecule has 0 aromatic heterocycles. The second-order valence-electron chi connectivity index (χ2n) is 8.38. The van der Waals surface area contributed by atoms with Crippen LogP contribution in [-0.2, 0) is 27.8 Å². The molecule has 3 rings (SSSR count). The number of halogens is 2. The summed E-state index contributed by atoms with van der Waals surface area (Å²) in [5.74, 6) is 0.